The zero-order valence-corrected chi connectivity index (χ0v) is 15.1. The number of rotatable bonds is 6. The first-order chi connectivity index (χ1) is 13.5. The molecule has 3 aromatic rings. The molecule has 0 spiro atoms. The molecular formula is C19H16N4O5. The largest absolute Gasteiger partial charge is 0.496 e. The van der Waals surface area contributed by atoms with Crippen molar-refractivity contribution in [3.8, 4) is 17.1 Å². The van der Waals surface area contributed by atoms with Crippen LogP contribution in [0.5, 0.6) is 5.75 Å². The molecule has 0 aliphatic heterocycles. The molecule has 0 bridgehead atoms. The van der Waals surface area contributed by atoms with E-state index in [9.17, 15) is 14.9 Å². The molecule has 2 heterocycles. The van der Waals surface area contributed by atoms with Gasteiger partial charge in [0.15, 0.2) is 0 Å². The van der Waals surface area contributed by atoms with Crippen molar-refractivity contribution in [2.24, 2.45) is 5.10 Å². The van der Waals surface area contributed by atoms with Crippen LogP contribution in [-0.2, 0) is 0 Å². The van der Waals surface area contributed by atoms with Gasteiger partial charge in [-0.15, -0.1) is 0 Å². The van der Waals surface area contributed by atoms with Crippen LogP contribution in [0.3, 0.4) is 0 Å². The number of furan rings is 1. The Kier molecular flexibility index (Phi) is 5.45. The summed E-state index contributed by atoms with van der Waals surface area (Å²) in [5.41, 5.74) is 4.06. The third-order valence-electron chi connectivity index (χ3n) is 3.82. The fraction of sp³-hybridized carbons (Fsp3) is 0.105. The number of nitrogens with one attached hydrogen (secondary N) is 1. The highest BCUT2D eigenvalue weighted by atomic mass is 16.6. The number of hydrazone groups is 1. The maximum atomic E-state index is 12.0. The number of nitro groups is 1. The molecule has 0 radical (unpaired) electrons. The van der Waals surface area contributed by atoms with Gasteiger partial charge in [-0.25, -0.2) is 5.43 Å². The maximum Gasteiger partial charge on any atom is 0.273 e. The number of benzene rings is 1. The molecule has 142 valence electrons. The van der Waals surface area contributed by atoms with Gasteiger partial charge in [0.25, 0.3) is 11.6 Å². The van der Waals surface area contributed by atoms with E-state index in [1.807, 2.05) is 6.92 Å². The second-order valence-electron chi connectivity index (χ2n) is 5.73. The highest BCUT2D eigenvalue weighted by molar-refractivity contribution is 5.94. The molecular weight excluding hydrogens is 364 g/mol. The second-order valence-corrected chi connectivity index (χ2v) is 5.73. The SMILES string of the molecule is COc1cc([N+](=O)[O-])ccc1-c1ccc(C=NNC(=O)c2ccc(C)nc2)o1. The van der Waals surface area contributed by atoms with Gasteiger partial charge < -0.3 is 9.15 Å². The maximum absolute atomic E-state index is 12.0. The molecule has 3 rings (SSSR count). The van der Waals surface area contributed by atoms with Gasteiger partial charge in [-0.05, 0) is 37.3 Å². The number of aryl methyl sites for hydroxylation is 1. The average Bonchev–Trinajstić information content (AvgIpc) is 3.16. The summed E-state index contributed by atoms with van der Waals surface area (Å²) < 4.78 is 10.9. The number of methoxy groups -OCH3 is 1. The fourth-order valence-electron chi connectivity index (χ4n) is 2.39. The number of nitro benzene ring substituents is 1. The number of hydrogen-bond donors (Lipinski definition) is 1. The molecule has 28 heavy (non-hydrogen) atoms. The number of ether oxygens (including phenoxy) is 1. The summed E-state index contributed by atoms with van der Waals surface area (Å²) in [6.45, 7) is 1.83. The lowest BCUT2D eigenvalue weighted by atomic mass is 10.1. The first-order valence-corrected chi connectivity index (χ1v) is 8.16. The number of aromatic nitrogens is 1. The number of nitrogens with zero attached hydrogens (tertiary/aromatic N) is 3. The molecule has 0 saturated carbocycles. The summed E-state index contributed by atoms with van der Waals surface area (Å²) in [4.78, 5) is 26.4. The standard InChI is InChI=1S/C19H16N4O5/c1-12-3-4-13(10-20-12)19(24)22-21-11-15-6-8-17(28-15)16-7-5-14(23(25)26)9-18(16)27-2/h3-11H,1-2H3,(H,22,24). The van der Waals surface area contributed by atoms with Gasteiger partial charge in [-0.2, -0.15) is 5.10 Å². The monoisotopic (exact) mass is 380 g/mol. The smallest absolute Gasteiger partial charge is 0.273 e. The molecule has 1 N–H and O–H groups in total. The van der Waals surface area contributed by atoms with Crippen LogP contribution in [0.4, 0.5) is 5.69 Å². The van der Waals surface area contributed by atoms with Crippen LogP contribution in [0.1, 0.15) is 21.8 Å². The summed E-state index contributed by atoms with van der Waals surface area (Å²) in [6.07, 6.45) is 2.81. The highest BCUT2D eigenvalue weighted by Gasteiger charge is 2.15. The summed E-state index contributed by atoms with van der Waals surface area (Å²) in [7, 11) is 1.42. The summed E-state index contributed by atoms with van der Waals surface area (Å²) in [6, 6.07) is 10.9. The van der Waals surface area contributed by atoms with Crippen molar-refractivity contribution in [1.29, 1.82) is 0 Å². The van der Waals surface area contributed by atoms with E-state index in [4.69, 9.17) is 9.15 Å². The number of non-ortho nitro benzene ring substituents is 1. The predicted octanol–water partition coefficient (Wildman–Crippen LogP) is 3.33. The van der Waals surface area contributed by atoms with Crippen molar-refractivity contribution in [3.05, 3.63) is 75.8 Å². The predicted molar refractivity (Wildman–Crippen MR) is 101 cm³/mol. The van der Waals surface area contributed by atoms with Gasteiger partial charge in [0.1, 0.15) is 17.3 Å². The molecule has 9 heteroatoms. The van der Waals surface area contributed by atoms with Crippen LogP contribution in [0.25, 0.3) is 11.3 Å². The minimum Gasteiger partial charge on any atom is -0.496 e. The summed E-state index contributed by atoms with van der Waals surface area (Å²) in [5, 5.41) is 14.7. The minimum atomic E-state index is -0.501. The lowest BCUT2D eigenvalue weighted by Gasteiger charge is -2.05. The number of pyridine rings is 1. The highest BCUT2D eigenvalue weighted by Crippen LogP contribution is 2.33. The second kappa shape index (κ2) is 8.12. The molecule has 9 nitrogen and oxygen atoms in total. The van der Waals surface area contributed by atoms with Crippen LogP contribution in [-0.4, -0.2) is 29.1 Å². The van der Waals surface area contributed by atoms with E-state index < -0.39 is 10.8 Å². The summed E-state index contributed by atoms with van der Waals surface area (Å²) in [5.74, 6) is 0.750. The van der Waals surface area contributed by atoms with E-state index in [1.54, 1.807) is 30.3 Å². The number of carbonyl (C=O) groups is 1. The third-order valence-corrected chi connectivity index (χ3v) is 3.82. The molecule has 1 aromatic carbocycles. The molecule has 0 aliphatic rings. The van der Waals surface area contributed by atoms with Crippen molar-refractivity contribution < 1.29 is 18.9 Å². The molecule has 0 aliphatic carbocycles. The van der Waals surface area contributed by atoms with Gasteiger partial charge in [0, 0.05) is 18.0 Å². The van der Waals surface area contributed by atoms with E-state index in [-0.39, 0.29) is 5.69 Å². The van der Waals surface area contributed by atoms with Gasteiger partial charge in [0.05, 0.1) is 35.4 Å². The van der Waals surface area contributed by atoms with Gasteiger partial charge in [-0.1, -0.05) is 0 Å². The average molecular weight is 380 g/mol. The van der Waals surface area contributed by atoms with Crippen LogP contribution in [0.2, 0.25) is 0 Å². The number of amides is 1. The van der Waals surface area contributed by atoms with E-state index >= 15 is 0 Å². The topological polar surface area (TPSA) is 120 Å². The van der Waals surface area contributed by atoms with E-state index in [0.717, 1.165) is 5.69 Å². The van der Waals surface area contributed by atoms with Gasteiger partial charge >= 0.3 is 0 Å². The van der Waals surface area contributed by atoms with Crippen LogP contribution < -0.4 is 10.2 Å². The molecule has 1 amide bonds. The van der Waals surface area contributed by atoms with Crippen molar-refractivity contribution in [2.45, 2.75) is 6.92 Å². The Morgan fingerprint density at radius 3 is 2.79 bits per heavy atom. The van der Waals surface area contributed by atoms with E-state index in [1.165, 1.54) is 31.7 Å². The third kappa shape index (κ3) is 4.21. The molecule has 0 saturated heterocycles. The molecule has 0 unspecified atom stereocenters. The van der Waals surface area contributed by atoms with Gasteiger partial charge in [0.2, 0.25) is 0 Å². The van der Waals surface area contributed by atoms with Crippen LogP contribution in [0, 0.1) is 17.0 Å². The Hall–Kier alpha value is -4.01. The van der Waals surface area contributed by atoms with E-state index in [0.29, 0.717) is 28.4 Å². The first-order valence-electron chi connectivity index (χ1n) is 8.16. The van der Waals surface area contributed by atoms with E-state index in [2.05, 4.69) is 15.5 Å². The van der Waals surface area contributed by atoms with Crippen LogP contribution in [0.15, 0.2) is 58.2 Å². The Bertz CT molecular complexity index is 1040. The van der Waals surface area contributed by atoms with Crippen molar-refractivity contribution in [1.82, 2.24) is 10.4 Å². The van der Waals surface area contributed by atoms with Crippen molar-refractivity contribution in [3.63, 3.8) is 0 Å². The van der Waals surface area contributed by atoms with Crippen LogP contribution >= 0.6 is 0 Å². The summed E-state index contributed by atoms with van der Waals surface area (Å²) >= 11 is 0. The Morgan fingerprint density at radius 1 is 1.29 bits per heavy atom. The zero-order valence-electron chi connectivity index (χ0n) is 15.1. The van der Waals surface area contributed by atoms with Crippen molar-refractivity contribution in [2.75, 3.05) is 7.11 Å². The molecule has 0 fully saturated rings. The fourth-order valence-corrected chi connectivity index (χ4v) is 2.39. The Balaban J connectivity index is 1.72. The first kappa shape index (κ1) is 18.8. The lowest BCUT2D eigenvalue weighted by Crippen LogP contribution is -2.17. The number of carbonyl (C=O) groups excluding carboxylic acids is 1. The minimum absolute atomic E-state index is 0.0812. The van der Waals surface area contributed by atoms with Crippen molar-refractivity contribution >= 4 is 17.8 Å². The van der Waals surface area contributed by atoms with Gasteiger partial charge in [-0.3, -0.25) is 19.9 Å². The normalized spacial score (nSPS) is 10.8. The Morgan fingerprint density at radius 2 is 2.11 bits per heavy atom. The number of hydrogen-bond acceptors (Lipinski definition) is 7. The molecule has 2 aromatic heterocycles. The zero-order chi connectivity index (χ0) is 20.1. The lowest BCUT2D eigenvalue weighted by molar-refractivity contribution is -0.384. The molecule has 0 atom stereocenters. The quantitative estimate of drug-likeness (QED) is 0.398. The Labute approximate surface area is 159 Å².